The van der Waals surface area contributed by atoms with Crippen molar-refractivity contribution < 1.29 is 9.13 Å². The highest BCUT2D eigenvalue weighted by atomic mass is 19.1. The first-order valence-electron chi connectivity index (χ1n) is 6.80. The number of aromatic nitrogens is 1. The number of hydrogen-bond acceptors (Lipinski definition) is 3. The maximum absolute atomic E-state index is 12.8. The van der Waals surface area contributed by atoms with Crippen LogP contribution in [-0.4, -0.2) is 11.6 Å². The molecule has 1 heterocycles. The van der Waals surface area contributed by atoms with Crippen LogP contribution in [-0.2, 0) is 0 Å². The van der Waals surface area contributed by atoms with E-state index in [1.54, 1.807) is 6.07 Å². The third-order valence-corrected chi connectivity index (χ3v) is 2.90. The highest BCUT2D eigenvalue weighted by Gasteiger charge is 2.07. The molecule has 4 heteroatoms. The summed E-state index contributed by atoms with van der Waals surface area (Å²) in [6.07, 6.45) is 2.22. The maximum Gasteiger partial charge on any atom is 0.141 e. The number of halogens is 1. The Morgan fingerprint density at radius 1 is 1.20 bits per heavy atom. The first kappa shape index (κ1) is 14.3. The maximum atomic E-state index is 12.8. The molecule has 0 bridgehead atoms. The smallest absolute Gasteiger partial charge is 0.141 e. The first-order valence-corrected chi connectivity index (χ1v) is 6.80. The lowest BCUT2D eigenvalue weighted by Gasteiger charge is -2.15. The number of nitrogens with zero attached hydrogens (tertiary/aromatic N) is 1. The van der Waals surface area contributed by atoms with E-state index in [0.29, 0.717) is 0 Å². The van der Waals surface area contributed by atoms with Gasteiger partial charge < -0.3 is 10.1 Å². The molecule has 0 spiro atoms. The SMILES string of the molecule is CCCOc1ccc(NC(C)c2ccc(F)cn2)cc1. The minimum atomic E-state index is -0.321. The molecule has 1 N–H and O–H groups in total. The fraction of sp³-hybridized carbons (Fsp3) is 0.312. The van der Waals surface area contributed by atoms with Gasteiger partial charge >= 0.3 is 0 Å². The molecule has 2 rings (SSSR count). The lowest BCUT2D eigenvalue weighted by atomic mass is 10.2. The lowest BCUT2D eigenvalue weighted by molar-refractivity contribution is 0.317. The monoisotopic (exact) mass is 274 g/mol. The molecule has 0 radical (unpaired) electrons. The molecule has 0 amide bonds. The Labute approximate surface area is 118 Å². The fourth-order valence-corrected chi connectivity index (χ4v) is 1.83. The minimum Gasteiger partial charge on any atom is -0.494 e. The van der Waals surface area contributed by atoms with Gasteiger partial charge in [0.25, 0.3) is 0 Å². The second kappa shape index (κ2) is 6.89. The summed E-state index contributed by atoms with van der Waals surface area (Å²) in [5.74, 6) is 0.545. The van der Waals surface area contributed by atoms with Gasteiger partial charge in [0, 0.05) is 5.69 Å². The van der Waals surface area contributed by atoms with E-state index in [9.17, 15) is 4.39 Å². The molecule has 20 heavy (non-hydrogen) atoms. The van der Waals surface area contributed by atoms with Crippen LogP contribution in [0.1, 0.15) is 32.0 Å². The molecule has 1 atom stereocenters. The minimum absolute atomic E-state index is 0.0120. The third-order valence-electron chi connectivity index (χ3n) is 2.90. The lowest BCUT2D eigenvalue weighted by Crippen LogP contribution is -2.08. The van der Waals surface area contributed by atoms with Crippen molar-refractivity contribution in [2.75, 3.05) is 11.9 Å². The second-order valence-electron chi connectivity index (χ2n) is 4.64. The summed E-state index contributed by atoms with van der Waals surface area (Å²) in [4.78, 5) is 4.07. The highest BCUT2D eigenvalue weighted by molar-refractivity contribution is 5.47. The highest BCUT2D eigenvalue weighted by Crippen LogP contribution is 2.20. The average molecular weight is 274 g/mol. The summed E-state index contributed by atoms with van der Waals surface area (Å²) in [7, 11) is 0. The van der Waals surface area contributed by atoms with Gasteiger partial charge in [0.2, 0.25) is 0 Å². The average Bonchev–Trinajstić information content (AvgIpc) is 2.47. The molecule has 3 nitrogen and oxygen atoms in total. The van der Waals surface area contributed by atoms with E-state index in [-0.39, 0.29) is 11.9 Å². The van der Waals surface area contributed by atoms with Crippen molar-refractivity contribution in [2.45, 2.75) is 26.3 Å². The van der Waals surface area contributed by atoms with E-state index >= 15 is 0 Å². The predicted octanol–water partition coefficient (Wildman–Crippen LogP) is 4.18. The molecule has 0 aliphatic carbocycles. The van der Waals surface area contributed by atoms with Gasteiger partial charge in [-0.25, -0.2) is 4.39 Å². The van der Waals surface area contributed by atoms with Crippen molar-refractivity contribution in [3.8, 4) is 5.75 Å². The van der Waals surface area contributed by atoms with Crippen LogP contribution in [0.5, 0.6) is 5.75 Å². The van der Waals surface area contributed by atoms with Gasteiger partial charge in [-0.05, 0) is 49.7 Å². The second-order valence-corrected chi connectivity index (χ2v) is 4.64. The van der Waals surface area contributed by atoms with Crippen molar-refractivity contribution >= 4 is 5.69 Å². The van der Waals surface area contributed by atoms with Crippen LogP contribution < -0.4 is 10.1 Å². The third kappa shape index (κ3) is 3.95. The van der Waals surface area contributed by atoms with Gasteiger partial charge in [0.1, 0.15) is 11.6 Å². The quantitative estimate of drug-likeness (QED) is 0.858. The van der Waals surface area contributed by atoms with Crippen LogP contribution >= 0.6 is 0 Å². The molecule has 1 aromatic carbocycles. The normalized spacial score (nSPS) is 11.9. The fourth-order valence-electron chi connectivity index (χ4n) is 1.83. The Bertz CT molecular complexity index is 525. The van der Waals surface area contributed by atoms with Crippen LogP contribution in [0.2, 0.25) is 0 Å². The zero-order chi connectivity index (χ0) is 14.4. The van der Waals surface area contributed by atoms with Crippen molar-refractivity contribution in [2.24, 2.45) is 0 Å². The number of pyridine rings is 1. The summed E-state index contributed by atoms with van der Waals surface area (Å²) >= 11 is 0. The molecule has 1 aromatic heterocycles. The molecule has 0 saturated heterocycles. The van der Waals surface area contributed by atoms with Gasteiger partial charge in [0.15, 0.2) is 0 Å². The Morgan fingerprint density at radius 3 is 2.55 bits per heavy atom. The Morgan fingerprint density at radius 2 is 1.95 bits per heavy atom. The summed E-state index contributed by atoms with van der Waals surface area (Å²) < 4.78 is 18.4. The Balaban J connectivity index is 1.97. The number of hydrogen-bond donors (Lipinski definition) is 1. The summed E-state index contributed by atoms with van der Waals surface area (Å²) in [6.45, 7) is 4.79. The van der Waals surface area contributed by atoms with Gasteiger partial charge in [-0.3, -0.25) is 4.98 Å². The van der Waals surface area contributed by atoms with Gasteiger partial charge in [-0.15, -0.1) is 0 Å². The van der Waals surface area contributed by atoms with E-state index in [0.717, 1.165) is 30.2 Å². The van der Waals surface area contributed by atoms with E-state index in [1.807, 2.05) is 31.2 Å². The molecule has 106 valence electrons. The van der Waals surface area contributed by atoms with Crippen LogP contribution in [0.25, 0.3) is 0 Å². The number of rotatable bonds is 6. The number of nitrogens with one attached hydrogen (secondary N) is 1. The summed E-state index contributed by atoms with van der Waals surface area (Å²) in [5.41, 5.74) is 1.78. The van der Waals surface area contributed by atoms with E-state index in [2.05, 4.69) is 17.2 Å². The zero-order valence-corrected chi connectivity index (χ0v) is 11.8. The van der Waals surface area contributed by atoms with Gasteiger partial charge in [-0.1, -0.05) is 6.92 Å². The zero-order valence-electron chi connectivity index (χ0n) is 11.8. The topological polar surface area (TPSA) is 34.1 Å². The van der Waals surface area contributed by atoms with Gasteiger partial charge in [-0.2, -0.15) is 0 Å². The number of ether oxygens (including phenoxy) is 1. The molecule has 0 aliphatic heterocycles. The van der Waals surface area contributed by atoms with Crippen LogP contribution in [0.15, 0.2) is 42.6 Å². The Hall–Kier alpha value is -2.10. The summed E-state index contributed by atoms with van der Waals surface area (Å²) in [5, 5.41) is 3.32. The number of anilines is 1. The van der Waals surface area contributed by atoms with Crippen molar-refractivity contribution in [3.63, 3.8) is 0 Å². The number of benzene rings is 1. The van der Waals surface area contributed by atoms with E-state index < -0.39 is 0 Å². The molecule has 1 unspecified atom stereocenters. The van der Waals surface area contributed by atoms with Crippen molar-refractivity contribution in [3.05, 3.63) is 54.1 Å². The first-order chi connectivity index (χ1) is 9.69. The van der Waals surface area contributed by atoms with Crippen molar-refractivity contribution in [1.29, 1.82) is 0 Å². The molecular formula is C16H19FN2O. The molecular weight excluding hydrogens is 255 g/mol. The standard InChI is InChI=1S/C16H19FN2O/c1-3-10-20-15-7-5-14(6-8-15)19-12(2)16-9-4-13(17)11-18-16/h4-9,11-12,19H,3,10H2,1-2H3. The van der Waals surface area contributed by atoms with E-state index in [1.165, 1.54) is 12.3 Å². The van der Waals surface area contributed by atoms with Crippen LogP contribution in [0.3, 0.4) is 0 Å². The molecule has 2 aromatic rings. The molecule has 0 fully saturated rings. The molecule has 0 saturated carbocycles. The van der Waals surface area contributed by atoms with E-state index in [4.69, 9.17) is 4.74 Å². The van der Waals surface area contributed by atoms with Crippen molar-refractivity contribution in [1.82, 2.24) is 4.98 Å². The van der Waals surface area contributed by atoms with Crippen LogP contribution in [0.4, 0.5) is 10.1 Å². The van der Waals surface area contributed by atoms with Crippen LogP contribution in [0, 0.1) is 5.82 Å². The summed E-state index contributed by atoms with van der Waals surface area (Å²) in [6, 6.07) is 10.9. The van der Waals surface area contributed by atoms with Gasteiger partial charge in [0.05, 0.1) is 24.5 Å². The largest absolute Gasteiger partial charge is 0.494 e. The Kier molecular flexibility index (Phi) is 4.93. The predicted molar refractivity (Wildman–Crippen MR) is 78.5 cm³/mol. The molecule has 0 aliphatic rings.